The van der Waals surface area contributed by atoms with Crippen molar-refractivity contribution < 1.29 is 13.3 Å². The molecule has 20 heavy (non-hydrogen) atoms. The summed E-state index contributed by atoms with van der Waals surface area (Å²) in [6, 6.07) is 4.82. The molecule has 1 aromatic carbocycles. The zero-order valence-electron chi connectivity index (χ0n) is 11.9. The molecule has 0 amide bonds. The first-order chi connectivity index (χ1) is 9.30. The average Bonchev–Trinajstić information content (AvgIpc) is 2.43. The molecule has 0 bridgehead atoms. The molecule has 6 nitrogen and oxygen atoms in total. The van der Waals surface area contributed by atoms with Gasteiger partial charge in [0.05, 0.1) is 15.1 Å². The summed E-state index contributed by atoms with van der Waals surface area (Å²) in [6.07, 6.45) is 0.925. The predicted octanol–water partition coefficient (Wildman–Crippen LogP) is 2.15. The minimum Gasteiger partial charge on any atom is -0.313 e. The fourth-order valence-corrected chi connectivity index (χ4v) is 3.36. The van der Waals surface area contributed by atoms with Gasteiger partial charge >= 0.3 is 0 Å². The highest BCUT2D eigenvalue weighted by molar-refractivity contribution is 7.92. The quantitative estimate of drug-likeness (QED) is 0.615. The summed E-state index contributed by atoms with van der Waals surface area (Å²) in [5.41, 5.74) is -0.117. The van der Waals surface area contributed by atoms with Gasteiger partial charge in [-0.15, -0.1) is 0 Å². The monoisotopic (exact) mass is 300 g/mol. The molecule has 0 aromatic heterocycles. The lowest BCUT2D eigenvalue weighted by Gasteiger charge is -2.21. The molecule has 1 aromatic rings. The van der Waals surface area contributed by atoms with Crippen LogP contribution in [-0.2, 0) is 9.84 Å². The van der Waals surface area contributed by atoms with Gasteiger partial charge in [0.25, 0.3) is 5.69 Å². The van der Waals surface area contributed by atoms with E-state index in [0.29, 0.717) is 0 Å². The van der Waals surface area contributed by atoms with Gasteiger partial charge in [-0.1, -0.05) is 6.92 Å². The fourth-order valence-electron chi connectivity index (χ4n) is 1.78. The number of nitrogens with one attached hydrogen (secondary N) is 1. The summed E-state index contributed by atoms with van der Waals surface area (Å²) in [5, 5.41) is 13.1. The van der Waals surface area contributed by atoms with Crippen molar-refractivity contribution in [2.24, 2.45) is 0 Å². The van der Waals surface area contributed by atoms with Crippen molar-refractivity contribution in [1.29, 1.82) is 0 Å². The number of nitro benzene ring substituents is 1. The van der Waals surface area contributed by atoms with Gasteiger partial charge in [0.15, 0.2) is 9.84 Å². The van der Waals surface area contributed by atoms with E-state index in [1.165, 1.54) is 24.3 Å². The minimum absolute atomic E-state index is 0.112. The van der Waals surface area contributed by atoms with Crippen LogP contribution in [0.2, 0.25) is 0 Å². The van der Waals surface area contributed by atoms with Gasteiger partial charge in [-0.25, -0.2) is 8.42 Å². The van der Waals surface area contributed by atoms with E-state index in [0.717, 1.165) is 13.0 Å². The van der Waals surface area contributed by atoms with Crippen molar-refractivity contribution in [3.05, 3.63) is 34.4 Å². The maximum absolute atomic E-state index is 12.4. The molecule has 7 heteroatoms. The standard InChI is InChI=1S/C13H20N2O4S/c1-4-9-14-10(2)11(3)20(18,19)13-7-5-12(6-8-13)15(16)17/h5-8,10-11,14H,4,9H2,1-3H3. The molecule has 0 aliphatic heterocycles. The van der Waals surface area contributed by atoms with E-state index < -0.39 is 20.0 Å². The third-order valence-electron chi connectivity index (χ3n) is 3.29. The lowest BCUT2D eigenvalue weighted by molar-refractivity contribution is -0.384. The van der Waals surface area contributed by atoms with Crippen LogP contribution in [0.5, 0.6) is 0 Å². The van der Waals surface area contributed by atoms with Crippen LogP contribution in [0.15, 0.2) is 29.2 Å². The Morgan fingerprint density at radius 2 is 1.80 bits per heavy atom. The summed E-state index contributed by atoms with van der Waals surface area (Å²) in [5.74, 6) is 0. The molecule has 0 saturated carbocycles. The van der Waals surface area contributed by atoms with Crippen molar-refractivity contribution in [2.45, 2.75) is 43.4 Å². The molecule has 112 valence electrons. The Kier molecular flexibility index (Phi) is 5.64. The zero-order valence-corrected chi connectivity index (χ0v) is 12.7. The molecule has 1 N–H and O–H groups in total. The number of non-ortho nitro benzene ring substituents is 1. The van der Waals surface area contributed by atoms with Crippen molar-refractivity contribution >= 4 is 15.5 Å². The molecule has 0 radical (unpaired) electrons. The van der Waals surface area contributed by atoms with Crippen LogP contribution in [0, 0.1) is 10.1 Å². The number of nitro groups is 1. The second-order valence-corrected chi connectivity index (χ2v) is 7.05. The highest BCUT2D eigenvalue weighted by Crippen LogP contribution is 2.21. The molecule has 2 unspecified atom stereocenters. The van der Waals surface area contributed by atoms with Crippen molar-refractivity contribution in [2.75, 3.05) is 6.54 Å². The zero-order chi connectivity index (χ0) is 15.3. The SMILES string of the molecule is CCCNC(C)C(C)S(=O)(=O)c1ccc([N+](=O)[O-])cc1. The maximum Gasteiger partial charge on any atom is 0.269 e. The van der Waals surface area contributed by atoms with Crippen LogP contribution < -0.4 is 5.32 Å². The largest absolute Gasteiger partial charge is 0.313 e. The summed E-state index contributed by atoms with van der Waals surface area (Å²) in [7, 11) is -3.50. The van der Waals surface area contributed by atoms with Gasteiger partial charge in [0.2, 0.25) is 0 Å². The van der Waals surface area contributed by atoms with Crippen molar-refractivity contribution in [3.8, 4) is 0 Å². The maximum atomic E-state index is 12.4. The summed E-state index contributed by atoms with van der Waals surface area (Å²) < 4.78 is 24.8. The highest BCUT2D eigenvalue weighted by Gasteiger charge is 2.28. The first-order valence-electron chi connectivity index (χ1n) is 6.52. The number of sulfone groups is 1. The molecule has 2 atom stereocenters. The minimum atomic E-state index is -3.50. The molecule has 0 spiro atoms. The molecule has 0 aliphatic rings. The first-order valence-corrected chi connectivity index (χ1v) is 8.07. The molecule has 0 fully saturated rings. The Morgan fingerprint density at radius 3 is 2.25 bits per heavy atom. The first kappa shape index (κ1) is 16.6. The second-order valence-electron chi connectivity index (χ2n) is 4.74. The van der Waals surface area contributed by atoms with E-state index in [2.05, 4.69) is 5.32 Å². The van der Waals surface area contributed by atoms with Crippen LogP contribution in [0.1, 0.15) is 27.2 Å². The van der Waals surface area contributed by atoms with E-state index >= 15 is 0 Å². The average molecular weight is 300 g/mol. The molecule has 0 aliphatic carbocycles. The van der Waals surface area contributed by atoms with E-state index in [1.807, 2.05) is 13.8 Å². The van der Waals surface area contributed by atoms with Crippen LogP contribution >= 0.6 is 0 Å². The number of hydrogen-bond donors (Lipinski definition) is 1. The Morgan fingerprint density at radius 1 is 1.25 bits per heavy atom. The third kappa shape index (κ3) is 3.77. The molecule has 1 rings (SSSR count). The van der Waals surface area contributed by atoms with Crippen LogP contribution in [-0.4, -0.2) is 31.2 Å². The van der Waals surface area contributed by atoms with E-state index in [9.17, 15) is 18.5 Å². The van der Waals surface area contributed by atoms with Gasteiger partial charge in [-0.3, -0.25) is 10.1 Å². The molecular weight excluding hydrogens is 280 g/mol. The van der Waals surface area contributed by atoms with Gasteiger partial charge in [0, 0.05) is 18.2 Å². The van der Waals surface area contributed by atoms with Crippen LogP contribution in [0.3, 0.4) is 0 Å². The lowest BCUT2D eigenvalue weighted by Crippen LogP contribution is -2.40. The topological polar surface area (TPSA) is 89.3 Å². The fraction of sp³-hybridized carbons (Fsp3) is 0.538. The summed E-state index contributed by atoms with van der Waals surface area (Å²) in [4.78, 5) is 10.1. The normalized spacial score (nSPS) is 14.8. The number of hydrogen-bond acceptors (Lipinski definition) is 5. The Labute approximate surface area is 119 Å². The lowest BCUT2D eigenvalue weighted by atomic mass is 10.2. The number of nitrogens with zero attached hydrogens (tertiary/aromatic N) is 1. The van der Waals surface area contributed by atoms with E-state index in [1.54, 1.807) is 6.92 Å². The number of rotatable bonds is 7. The highest BCUT2D eigenvalue weighted by atomic mass is 32.2. The molecule has 0 heterocycles. The van der Waals surface area contributed by atoms with E-state index in [4.69, 9.17) is 0 Å². The summed E-state index contributed by atoms with van der Waals surface area (Å²) in [6.45, 7) is 6.23. The second kappa shape index (κ2) is 6.81. The van der Waals surface area contributed by atoms with Gasteiger partial charge in [-0.2, -0.15) is 0 Å². The summed E-state index contributed by atoms with van der Waals surface area (Å²) >= 11 is 0. The molecular formula is C13H20N2O4S. The van der Waals surface area contributed by atoms with Crippen molar-refractivity contribution in [3.63, 3.8) is 0 Å². The predicted molar refractivity (Wildman–Crippen MR) is 77.5 cm³/mol. The van der Waals surface area contributed by atoms with Gasteiger partial charge in [0.1, 0.15) is 0 Å². The Balaban J connectivity index is 2.95. The van der Waals surface area contributed by atoms with Crippen LogP contribution in [0.25, 0.3) is 0 Å². The third-order valence-corrected chi connectivity index (χ3v) is 5.60. The Bertz CT molecular complexity index is 554. The van der Waals surface area contributed by atoms with Gasteiger partial charge < -0.3 is 5.32 Å². The smallest absolute Gasteiger partial charge is 0.269 e. The number of benzene rings is 1. The van der Waals surface area contributed by atoms with Crippen LogP contribution in [0.4, 0.5) is 5.69 Å². The molecule has 0 saturated heterocycles. The van der Waals surface area contributed by atoms with Crippen molar-refractivity contribution in [1.82, 2.24) is 5.32 Å². The Hall–Kier alpha value is -1.47. The van der Waals surface area contributed by atoms with Gasteiger partial charge in [-0.05, 0) is 38.9 Å². The van der Waals surface area contributed by atoms with E-state index in [-0.39, 0.29) is 16.6 Å².